The van der Waals surface area contributed by atoms with Gasteiger partial charge in [-0.3, -0.25) is 0 Å². The predicted octanol–water partition coefficient (Wildman–Crippen LogP) is 3.55. The summed E-state index contributed by atoms with van der Waals surface area (Å²) in [4.78, 5) is 0. The maximum Gasteiger partial charge on any atom is 0.416 e. The van der Waals surface area contributed by atoms with Crippen molar-refractivity contribution in [1.82, 2.24) is 0 Å². The van der Waals surface area contributed by atoms with Crippen molar-refractivity contribution in [1.29, 1.82) is 0 Å². The average Bonchev–Trinajstić information content (AvgIpc) is 2.38. The fourth-order valence-electron chi connectivity index (χ4n) is 2.24. The normalized spacial score (nSPS) is 18.7. The highest BCUT2D eigenvalue weighted by Gasteiger charge is 2.30. The molecule has 1 saturated heterocycles. The summed E-state index contributed by atoms with van der Waals surface area (Å²) in [6.07, 6.45) is -2.56. The number of rotatable bonds is 2. The minimum Gasteiger partial charge on any atom is -0.381 e. The maximum absolute atomic E-state index is 12.4. The lowest BCUT2D eigenvalue weighted by atomic mass is 9.87. The first kappa shape index (κ1) is 16.3. The maximum atomic E-state index is 12.4. The van der Waals surface area contributed by atoms with Gasteiger partial charge in [-0.1, -0.05) is 12.1 Å². The van der Waals surface area contributed by atoms with Crippen molar-refractivity contribution in [2.75, 3.05) is 13.2 Å². The second kappa shape index (κ2) is 6.59. The molecule has 2 N–H and O–H groups in total. The van der Waals surface area contributed by atoms with Crippen LogP contribution in [0.15, 0.2) is 24.3 Å². The van der Waals surface area contributed by atoms with E-state index in [0.29, 0.717) is 13.2 Å². The molecule has 108 valence electrons. The zero-order valence-corrected chi connectivity index (χ0v) is 11.1. The Morgan fingerprint density at radius 3 is 2.11 bits per heavy atom. The van der Waals surface area contributed by atoms with Gasteiger partial charge in [-0.2, -0.15) is 13.2 Å². The van der Waals surface area contributed by atoms with Crippen LogP contribution < -0.4 is 5.73 Å². The molecular formula is C13H17ClF3NO. The van der Waals surface area contributed by atoms with Gasteiger partial charge in [0.1, 0.15) is 0 Å². The molecule has 0 saturated carbocycles. The summed E-state index contributed by atoms with van der Waals surface area (Å²) in [5.74, 6) is 0.287. The number of hydrogen-bond acceptors (Lipinski definition) is 2. The van der Waals surface area contributed by atoms with Crippen molar-refractivity contribution in [3.8, 4) is 0 Å². The van der Waals surface area contributed by atoms with E-state index in [4.69, 9.17) is 10.5 Å². The molecule has 1 aliphatic heterocycles. The van der Waals surface area contributed by atoms with E-state index in [1.54, 1.807) is 0 Å². The van der Waals surface area contributed by atoms with Crippen molar-refractivity contribution in [3.63, 3.8) is 0 Å². The molecule has 0 radical (unpaired) electrons. The minimum absolute atomic E-state index is 0. The third-order valence-corrected chi connectivity index (χ3v) is 3.40. The molecule has 0 spiro atoms. The predicted molar refractivity (Wildman–Crippen MR) is 69.2 cm³/mol. The van der Waals surface area contributed by atoms with E-state index >= 15 is 0 Å². The van der Waals surface area contributed by atoms with E-state index in [-0.39, 0.29) is 24.4 Å². The summed E-state index contributed by atoms with van der Waals surface area (Å²) in [7, 11) is 0. The van der Waals surface area contributed by atoms with Gasteiger partial charge >= 0.3 is 6.18 Å². The molecule has 6 heteroatoms. The highest BCUT2D eigenvalue weighted by atomic mass is 35.5. The van der Waals surface area contributed by atoms with E-state index in [1.807, 2.05) is 0 Å². The summed E-state index contributed by atoms with van der Waals surface area (Å²) in [5.41, 5.74) is 6.22. The molecule has 2 nitrogen and oxygen atoms in total. The number of halogens is 4. The van der Waals surface area contributed by atoms with Gasteiger partial charge < -0.3 is 10.5 Å². The van der Waals surface area contributed by atoms with E-state index < -0.39 is 11.7 Å². The second-order valence-corrected chi connectivity index (χ2v) is 4.60. The number of ether oxygens (including phenoxy) is 1. The van der Waals surface area contributed by atoms with Crippen LogP contribution in [0.25, 0.3) is 0 Å². The van der Waals surface area contributed by atoms with Gasteiger partial charge in [0.25, 0.3) is 0 Å². The first-order chi connectivity index (χ1) is 8.48. The van der Waals surface area contributed by atoms with Crippen molar-refractivity contribution in [2.45, 2.75) is 25.1 Å². The SMILES string of the molecule is Cl.N[C@@H](c1ccc(C(F)(F)F)cc1)C1CCOCC1. The van der Waals surface area contributed by atoms with Crippen molar-refractivity contribution in [3.05, 3.63) is 35.4 Å². The third kappa shape index (κ3) is 4.09. The van der Waals surface area contributed by atoms with Crippen LogP contribution in [0.4, 0.5) is 13.2 Å². The second-order valence-electron chi connectivity index (χ2n) is 4.60. The van der Waals surface area contributed by atoms with Crippen LogP contribution in [-0.4, -0.2) is 13.2 Å². The number of nitrogens with two attached hydrogens (primary N) is 1. The van der Waals surface area contributed by atoms with Gasteiger partial charge in [0.2, 0.25) is 0 Å². The highest BCUT2D eigenvalue weighted by molar-refractivity contribution is 5.85. The van der Waals surface area contributed by atoms with Gasteiger partial charge in [-0.05, 0) is 36.5 Å². The Morgan fingerprint density at radius 1 is 1.11 bits per heavy atom. The summed E-state index contributed by atoms with van der Waals surface area (Å²) in [6, 6.07) is 4.92. The quantitative estimate of drug-likeness (QED) is 0.905. The van der Waals surface area contributed by atoms with Crippen molar-refractivity contribution < 1.29 is 17.9 Å². The molecule has 0 amide bonds. The van der Waals surface area contributed by atoms with E-state index in [1.165, 1.54) is 12.1 Å². The molecule has 0 bridgehead atoms. The standard InChI is InChI=1S/C13H16F3NO.ClH/c14-13(15,16)11-3-1-9(2-4-11)12(17)10-5-7-18-8-6-10;/h1-4,10,12H,5-8,17H2;1H/t12-;/m0./s1. The van der Waals surface area contributed by atoms with Crippen LogP contribution in [0.1, 0.15) is 30.0 Å². The summed E-state index contributed by atoms with van der Waals surface area (Å²) in [6.45, 7) is 1.36. The van der Waals surface area contributed by atoms with Gasteiger partial charge in [-0.15, -0.1) is 12.4 Å². The van der Waals surface area contributed by atoms with Crippen LogP contribution in [0.2, 0.25) is 0 Å². The zero-order valence-electron chi connectivity index (χ0n) is 10.3. The molecule has 2 rings (SSSR count). The van der Waals surface area contributed by atoms with Gasteiger partial charge in [-0.25, -0.2) is 0 Å². The van der Waals surface area contributed by atoms with Crippen LogP contribution in [-0.2, 0) is 10.9 Å². The largest absolute Gasteiger partial charge is 0.416 e. The topological polar surface area (TPSA) is 35.2 Å². The van der Waals surface area contributed by atoms with Gasteiger partial charge in [0.15, 0.2) is 0 Å². The van der Waals surface area contributed by atoms with E-state index in [9.17, 15) is 13.2 Å². The molecule has 0 aromatic heterocycles. The van der Waals surface area contributed by atoms with Crippen LogP contribution in [0.3, 0.4) is 0 Å². The summed E-state index contributed by atoms with van der Waals surface area (Å²) in [5, 5.41) is 0. The van der Waals surface area contributed by atoms with Crippen molar-refractivity contribution >= 4 is 12.4 Å². The van der Waals surface area contributed by atoms with Crippen molar-refractivity contribution in [2.24, 2.45) is 11.7 Å². The molecule has 1 atom stereocenters. The third-order valence-electron chi connectivity index (χ3n) is 3.40. The molecule has 1 heterocycles. The molecule has 1 aliphatic rings. The average molecular weight is 296 g/mol. The smallest absolute Gasteiger partial charge is 0.381 e. The van der Waals surface area contributed by atoms with Gasteiger partial charge in [0, 0.05) is 19.3 Å². The lowest BCUT2D eigenvalue weighted by Crippen LogP contribution is -2.27. The molecule has 0 aliphatic carbocycles. The number of alkyl halides is 3. The van der Waals surface area contributed by atoms with Crippen LogP contribution in [0.5, 0.6) is 0 Å². The fourth-order valence-corrected chi connectivity index (χ4v) is 2.24. The highest BCUT2D eigenvalue weighted by Crippen LogP contribution is 2.32. The monoisotopic (exact) mass is 295 g/mol. The molecule has 1 aromatic rings. The van der Waals surface area contributed by atoms with E-state index in [2.05, 4.69) is 0 Å². The van der Waals surface area contributed by atoms with Crippen LogP contribution >= 0.6 is 12.4 Å². The zero-order chi connectivity index (χ0) is 13.2. The Hall–Kier alpha value is -0.780. The van der Waals surface area contributed by atoms with Crippen LogP contribution in [0, 0.1) is 5.92 Å². The Bertz CT molecular complexity index is 388. The summed E-state index contributed by atoms with van der Waals surface area (Å²) < 4.78 is 42.5. The number of hydrogen-bond donors (Lipinski definition) is 1. The minimum atomic E-state index is -4.29. The first-order valence-electron chi connectivity index (χ1n) is 5.99. The molecular weight excluding hydrogens is 279 g/mol. The fraction of sp³-hybridized carbons (Fsp3) is 0.538. The van der Waals surface area contributed by atoms with Gasteiger partial charge in [0.05, 0.1) is 5.56 Å². The lowest BCUT2D eigenvalue weighted by molar-refractivity contribution is -0.137. The van der Waals surface area contributed by atoms with E-state index in [0.717, 1.165) is 30.5 Å². The molecule has 1 aromatic carbocycles. The lowest BCUT2D eigenvalue weighted by Gasteiger charge is -2.28. The molecule has 19 heavy (non-hydrogen) atoms. The first-order valence-corrected chi connectivity index (χ1v) is 5.99. The number of benzene rings is 1. The summed E-state index contributed by atoms with van der Waals surface area (Å²) >= 11 is 0. The Balaban J connectivity index is 0.00000180. The Labute approximate surface area is 116 Å². The Kier molecular flexibility index (Phi) is 5.64. The molecule has 1 fully saturated rings. The molecule has 0 unspecified atom stereocenters. The Morgan fingerprint density at radius 2 is 1.63 bits per heavy atom.